The minimum absolute atomic E-state index is 0.0971. The van der Waals surface area contributed by atoms with Crippen LogP contribution in [0, 0.1) is 12.9 Å². The molecule has 0 saturated carbocycles. The van der Waals surface area contributed by atoms with E-state index in [4.69, 9.17) is 4.74 Å². The van der Waals surface area contributed by atoms with Crippen LogP contribution in [0.2, 0.25) is 0 Å². The summed E-state index contributed by atoms with van der Waals surface area (Å²) in [5.41, 5.74) is 3.10. The van der Waals surface area contributed by atoms with Gasteiger partial charge in [-0.15, -0.1) is 0 Å². The number of aromatic amines is 1. The number of hydrogen-bond donors (Lipinski definition) is 1. The number of H-pyrrole nitrogens is 1. The molecule has 0 unspecified atom stereocenters. The molecule has 0 aliphatic heterocycles. The van der Waals surface area contributed by atoms with Crippen molar-refractivity contribution in [2.75, 3.05) is 7.11 Å². The van der Waals surface area contributed by atoms with Crippen LogP contribution in [0.4, 0.5) is 17.6 Å². The van der Waals surface area contributed by atoms with E-state index in [1.54, 1.807) is 18.3 Å². The summed E-state index contributed by atoms with van der Waals surface area (Å²) in [6.45, 7) is 1.95. The molecule has 1 N–H and O–H groups in total. The molecule has 0 fully saturated rings. The average Bonchev–Trinajstić information content (AvgIpc) is 3.15. The molecule has 0 radical (unpaired) electrons. The highest BCUT2D eigenvalue weighted by atomic mass is 19.4. The van der Waals surface area contributed by atoms with Gasteiger partial charge in [-0.3, -0.25) is 0 Å². The number of pyridine rings is 3. The van der Waals surface area contributed by atoms with Crippen molar-refractivity contribution in [1.82, 2.24) is 19.9 Å². The summed E-state index contributed by atoms with van der Waals surface area (Å²) in [6, 6.07) is 7.64. The lowest BCUT2D eigenvalue weighted by Gasteiger charge is -2.11. The van der Waals surface area contributed by atoms with E-state index in [-0.39, 0.29) is 5.88 Å². The second-order valence-electron chi connectivity index (χ2n) is 7.51. The Balaban J connectivity index is 1.48. The molecule has 4 aromatic rings. The number of fused-ring (bicyclic) bond motifs is 1. The molecule has 0 saturated heterocycles. The Morgan fingerprint density at radius 2 is 1.78 bits per heavy atom. The first-order valence-electron chi connectivity index (χ1n) is 9.92. The van der Waals surface area contributed by atoms with Crippen LogP contribution >= 0.6 is 0 Å². The van der Waals surface area contributed by atoms with Gasteiger partial charge in [0.25, 0.3) is 0 Å². The normalized spacial score (nSPS) is 11.8. The van der Waals surface area contributed by atoms with Gasteiger partial charge in [0.15, 0.2) is 0 Å². The number of nitrogens with one attached hydrogen (secondary N) is 1. The molecule has 0 spiro atoms. The van der Waals surface area contributed by atoms with Crippen LogP contribution in [0.3, 0.4) is 0 Å². The van der Waals surface area contributed by atoms with Crippen LogP contribution in [0.15, 0.2) is 42.7 Å². The monoisotopic (exact) mass is 444 g/mol. The Morgan fingerprint density at radius 3 is 2.50 bits per heavy atom. The van der Waals surface area contributed by atoms with Crippen molar-refractivity contribution < 1.29 is 22.3 Å². The van der Waals surface area contributed by atoms with Gasteiger partial charge in [0.1, 0.15) is 11.3 Å². The number of halogens is 4. The van der Waals surface area contributed by atoms with Gasteiger partial charge in [-0.05, 0) is 49.1 Å². The standard InChI is InChI=1S/C23H20F4N4O/c1-13-9-18-16(12-29-21(18)28-11-13)10-15-4-7-17(30-20(15)24)6-3-14-5-8-19(23(25,26)27)31-22(14)32-2/h4-5,7-9,11-12H,3,6,10H2,1-2H3,(H,28,29). The summed E-state index contributed by atoms with van der Waals surface area (Å²) in [7, 11) is 1.26. The molecule has 4 aromatic heterocycles. The fraction of sp³-hybridized carbons (Fsp3) is 0.261. The average molecular weight is 444 g/mol. The van der Waals surface area contributed by atoms with Crippen molar-refractivity contribution in [1.29, 1.82) is 0 Å². The van der Waals surface area contributed by atoms with Crippen LogP contribution in [-0.2, 0) is 25.4 Å². The zero-order valence-electron chi connectivity index (χ0n) is 17.4. The van der Waals surface area contributed by atoms with Crippen LogP contribution in [0.5, 0.6) is 5.88 Å². The van der Waals surface area contributed by atoms with Crippen LogP contribution in [-0.4, -0.2) is 27.0 Å². The SMILES string of the molecule is COc1nc(C(F)(F)F)ccc1CCc1ccc(Cc2c[nH]c3ncc(C)cc23)c(F)n1. The molecular formula is C23H20F4N4O. The smallest absolute Gasteiger partial charge is 0.433 e. The summed E-state index contributed by atoms with van der Waals surface area (Å²) in [5, 5.41) is 0.940. The second kappa shape index (κ2) is 8.57. The highest BCUT2D eigenvalue weighted by Gasteiger charge is 2.33. The Hall–Kier alpha value is -3.49. The minimum Gasteiger partial charge on any atom is -0.481 e. The van der Waals surface area contributed by atoms with E-state index in [0.717, 1.165) is 28.2 Å². The molecule has 0 aromatic carbocycles. The number of ether oxygens (including phenoxy) is 1. The number of aromatic nitrogens is 4. The second-order valence-corrected chi connectivity index (χ2v) is 7.51. The lowest BCUT2D eigenvalue weighted by Crippen LogP contribution is -2.10. The van der Waals surface area contributed by atoms with Crippen LogP contribution in [0.1, 0.15) is 33.6 Å². The van der Waals surface area contributed by atoms with Crippen molar-refractivity contribution in [3.63, 3.8) is 0 Å². The molecular weight excluding hydrogens is 424 g/mol. The zero-order chi connectivity index (χ0) is 22.9. The molecule has 9 heteroatoms. The third-order valence-electron chi connectivity index (χ3n) is 5.19. The van der Waals surface area contributed by atoms with Gasteiger partial charge in [0.05, 0.1) is 7.11 Å². The highest BCUT2D eigenvalue weighted by molar-refractivity contribution is 5.80. The fourth-order valence-corrected chi connectivity index (χ4v) is 3.54. The molecule has 0 bridgehead atoms. The molecule has 4 heterocycles. The molecule has 0 aliphatic rings. The number of methoxy groups -OCH3 is 1. The first-order valence-corrected chi connectivity index (χ1v) is 9.92. The van der Waals surface area contributed by atoms with E-state index >= 15 is 0 Å². The Bertz CT molecular complexity index is 1270. The van der Waals surface area contributed by atoms with Gasteiger partial charge in [0, 0.05) is 41.0 Å². The zero-order valence-corrected chi connectivity index (χ0v) is 17.4. The third-order valence-corrected chi connectivity index (χ3v) is 5.19. The molecule has 0 atom stereocenters. The van der Waals surface area contributed by atoms with E-state index in [9.17, 15) is 17.6 Å². The predicted octanol–water partition coefficient (Wildman–Crippen LogP) is 5.20. The van der Waals surface area contributed by atoms with Gasteiger partial charge in [0.2, 0.25) is 11.8 Å². The maximum absolute atomic E-state index is 14.7. The molecule has 166 valence electrons. The maximum atomic E-state index is 14.7. The topological polar surface area (TPSA) is 63.7 Å². The Labute approximate surface area is 181 Å². The van der Waals surface area contributed by atoms with Crippen molar-refractivity contribution in [2.24, 2.45) is 0 Å². The van der Waals surface area contributed by atoms with Crippen LogP contribution < -0.4 is 4.74 Å². The van der Waals surface area contributed by atoms with Gasteiger partial charge in [-0.25, -0.2) is 15.0 Å². The quantitative estimate of drug-likeness (QED) is 0.328. The van der Waals surface area contributed by atoms with Gasteiger partial charge in [-0.1, -0.05) is 12.1 Å². The van der Waals surface area contributed by atoms with Gasteiger partial charge < -0.3 is 9.72 Å². The summed E-state index contributed by atoms with van der Waals surface area (Å²) >= 11 is 0. The van der Waals surface area contributed by atoms with Gasteiger partial charge >= 0.3 is 6.18 Å². The Kier molecular flexibility index (Phi) is 5.82. The van der Waals surface area contributed by atoms with Crippen molar-refractivity contribution in [3.05, 3.63) is 82.3 Å². The minimum atomic E-state index is -4.55. The number of nitrogens with zero attached hydrogens (tertiary/aromatic N) is 3. The number of rotatable bonds is 6. The molecule has 5 nitrogen and oxygen atoms in total. The highest BCUT2D eigenvalue weighted by Crippen LogP contribution is 2.30. The number of alkyl halides is 3. The third kappa shape index (κ3) is 4.56. The Morgan fingerprint density at radius 1 is 1.00 bits per heavy atom. The predicted molar refractivity (Wildman–Crippen MR) is 111 cm³/mol. The maximum Gasteiger partial charge on any atom is 0.433 e. The summed E-state index contributed by atoms with van der Waals surface area (Å²) in [4.78, 5) is 15.0. The molecule has 32 heavy (non-hydrogen) atoms. The lowest BCUT2D eigenvalue weighted by molar-refractivity contribution is -0.141. The summed E-state index contributed by atoms with van der Waals surface area (Å²) in [6.07, 6.45) is 0.0339. The summed E-state index contributed by atoms with van der Waals surface area (Å²) in [5.74, 6) is -0.671. The first kappa shape index (κ1) is 21.7. The van der Waals surface area contributed by atoms with E-state index < -0.39 is 17.8 Å². The molecule has 0 aliphatic carbocycles. The van der Waals surface area contributed by atoms with Crippen molar-refractivity contribution in [2.45, 2.75) is 32.4 Å². The largest absolute Gasteiger partial charge is 0.481 e. The van der Waals surface area contributed by atoms with Crippen molar-refractivity contribution >= 4 is 11.0 Å². The van der Waals surface area contributed by atoms with E-state index in [1.807, 2.05) is 19.2 Å². The number of aryl methyl sites for hydroxylation is 3. The fourth-order valence-electron chi connectivity index (χ4n) is 3.54. The van der Waals surface area contributed by atoms with Gasteiger partial charge in [-0.2, -0.15) is 17.6 Å². The van der Waals surface area contributed by atoms with Crippen LogP contribution in [0.25, 0.3) is 11.0 Å². The van der Waals surface area contributed by atoms with E-state index in [1.165, 1.54) is 13.2 Å². The lowest BCUT2D eigenvalue weighted by atomic mass is 10.0. The molecule has 0 amide bonds. The number of hydrogen-bond acceptors (Lipinski definition) is 4. The van der Waals surface area contributed by atoms with E-state index in [2.05, 4.69) is 19.9 Å². The summed E-state index contributed by atoms with van der Waals surface area (Å²) < 4.78 is 58.2. The molecule has 4 rings (SSSR count). The van der Waals surface area contributed by atoms with E-state index in [0.29, 0.717) is 36.1 Å². The first-order chi connectivity index (χ1) is 15.2. The van der Waals surface area contributed by atoms with Crippen molar-refractivity contribution in [3.8, 4) is 5.88 Å².